The van der Waals surface area contributed by atoms with E-state index in [-0.39, 0.29) is 28.9 Å². The SMILES string of the molecule is CCCCCCCCCCCCCCN(C(=O)c1cn(-c2ccc(F)cc2)c2ncccc2c1=O)c1ccc(Oc2ccnc3cc(OCCCN4CCOCC4)c(OC)cc23)c(F)c1. The Labute approximate surface area is 380 Å². The van der Waals surface area contributed by atoms with E-state index in [1.807, 2.05) is 0 Å². The molecule has 65 heavy (non-hydrogen) atoms. The summed E-state index contributed by atoms with van der Waals surface area (Å²) in [6, 6.07) is 18.6. The lowest BCUT2D eigenvalue weighted by atomic mass is 10.0. The third kappa shape index (κ3) is 12.5. The van der Waals surface area contributed by atoms with Gasteiger partial charge in [0.2, 0.25) is 5.43 Å². The minimum Gasteiger partial charge on any atom is -0.493 e. The maximum Gasteiger partial charge on any atom is 0.263 e. The molecule has 1 amide bonds. The van der Waals surface area contributed by atoms with Gasteiger partial charge in [-0.15, -0.1) is 0 Å². The van der Waals surface area contributed by atoms with Gasteiger partial charge in [0, 0.05) is 73.7 Å². The normalized spacial score (nSPS) is 13.0. The first-order valence-electron chi connectivity index (χ1n) is 23.3. The standard InChI is InChI=1S/C52H61F2N5O6/c1-3-4-5-6-7-8-9-10-11-12-13-14-28-58(52(61)43-37-59(39-20-18-38(53)19-21-39)51-41(50(43)60)17-15-25-56-51)40-22-23-47(44(54)34-40)65-46-24-26-55-45-36-49(48(62-2)35-42(45)46)64-31-16-27-57-29-32-63-33-30-57/h15,17-26,34-37H,3-14,16,27-33H2,1-2H3. The van der Waals surface area contributed by atoms with E-state index in [1.54, 1.807) is 72.6 Å². The predicted octanol–water partition coefficient (Wildman–Crippen LogP) is 11.5. The number of amides is 1. The highest BCUT2D eigenvalue weighted by Gasteiger charge is 2.25. The van der Waals surface area contributed by atoms with Crippen molar-refractivity contribution in [2.24, 2.45) is 0 Å². The largest absolute Gasteiger partial charge is 0.493 e. The molecular weight excluding hydrogens is 829 g/mol. The number of hydrogen-bond acceptors (Lipinski definition) is 9. The van der Waals surface area contributed by atoms with Crippen LogP contribution < -0.4 is 24.5 Å². The second-order valence-electron chi connectivity index (χ2n) is 16.6. The zero-order valence-electron chi connectivity index (χ0n) is 37.7. The van der Waals surface area contributed by atoms with Gasteiger partial charge >= 0.3 is 0 Å². The van der Waals surface area contributed by atoms with Crippen molar-refractivity contribution in [3.63, 3.8) is 0 Å². The molecule has 3 aromatic heterocycles. The Kier molecular flexibility index (Phi) is 17.3. The number of pyridine rings is 3. The number of halogens is 2. The highest BCUT2D eigenvalue weighted by atomic mass is 19.1. The van der Waals surface area contributed by atoms with Crippen LogP contribution >= 0.6 is 0 Å². The number of fused-ring (bicyclic) bond motifs is 2. The van der Waals surface area contributed by atoms with E-state index < -0.39 is 23.0 Å². The van der Waals surface area contributed by atoms with Crippen LogP contribution in [0.15, 0.2) is 96.2 Å². The molecule has 4 heterocycles. The lowest BCUT2D eigenvalue weighted by Gasteiger charge is -2.26. The Morgan fingerprint density at radius 2 is 1.48 bits per heavy atom. The Balaban J connectivity index is 1.10. The molecule has 0 bridgehead atoms. The summed E-state index contributed by atoms with van der Waals surface area (Å²) in [5.41, 5.74) is 1.09. The molecule has 11 nitrogen and oxygen atoms in total. The van der Waals surface area contributed by atoms with Crippen molar-refractivity contribution < 1.29 is 32.5 Å². The molecule has 13 heteroatoms. The van der Waals surface area contributed by atoms with E-state index >= 15 is 4.39 Å². The van der Waals surface area contributed by atoms with Crippen LogP contribution in [-0.4, -0.2) is 78.5 Å². The molecule has 0 atom stereocenters. The molecule has 1 aliphatic rings. The average Bonchev–Trinajstić information content (AvgIpc) is 3.33. The van der Waals surface area contributed by atoms with E-state index in [1.165, 1.54) is 86.7 Å². The van der Waals surface area contributed by atoms with Crippen molar-refractivity contribution >= 4 is 33.5 Å². The molecule has 0 unspecified atom stereocenters. The number of rotatable bonds is 24. The summed E-state index contributed by atoms with van der Waals surface area (Å²) in [5.74, 6) is -0.364. The Morgan fingerprint density at radius 3 is 2.18 bits per heavy atom. The fourth-order valence-corrected chi connectivity index (χ4v) is 8.36. The number of hydrogen-bond donors (Lipinski definition) is 0. The van der Waals surface area contributed by atoms with Gasteiger partial charge in [0.1, 0.15) is 22.8 Å². The molecule has 0 saturated carbocycles. The summed E-state index contributed by atoms with van der Waals surface area (Å²) in [4.78, 5) is 41.5. The first-order chi connectivity index (χ1) is 31.8. The smallest absolute Gasteiger partial charge is 0.263 e. The lowest BCUT2D eigenvalue weighted by molar-refractivity contribution is 0.0357. The van der Waals surface area contributed by atoms with Crippen molar-refractivity contribution in [2.45, 2.75) is 90.4 Å². The van der Waals surface area contributed by atoms with Crippen LogP contribution in [0.5, 0.6) is 23.0 Å². The van der Waals surface area contributed by atoms with Crippen LogP contribution in [-0.2, 0) is 4.74 Å². The second-order valence-corrected chi connectivity index (χ2v) is 16.6. The summed E-state index contributed by atoms with van der Waals surface area (Å²) < 4.78 is 55.4. The number of methoxy groups -OCH3 is 1. The van der Waals surface area contributed by atoms with E-state index in [0.717, 1.165) is 58.5 Å². The highest BCUT2D eigenvalue weighted by molar-refractivity contribution is 6.07. The third-order valence-electron chi connectivity index (χ3n) is 12.0. The van der Waals surface area contributed by atoms with E-state index in [9.17, 15) is 14.0 Å². The molecule has 0 aliphatic carbocycles. The summed E-state index contributed by atoms with van der Waals surface area (Å²) in [7, 11) is 1.56. The number of aromatic nitrogens is 3. The zero-order chi connectivity index (χ0) is 45.4. The van der Waals surface area contributed by atoms with Gasteiger partial charge in [0.15, 0.2) is 23.1 Å². The van der Waals surface area contributed by atoms with Crippen molar-refractivity contribution in [2.75, 3.05) is 58.0 Å². The minimum absolute atomic E-state index is 0.0585. The van der Waals surface area contributed by atoms with Gasteiger partial charge in [-0.25, -0.2) is 13.8 Å². The van der Waals surface area contributed by atoms with Gasteiger partial charge in [0.05, 0.1) is 37.8 Å². The summed E-state index contributed by atoms with van der Waals surface area (Å²) >= 11 is 0. The fourth-order valence-electron chi connectivity index (χ4n) is 8.36. The van der Waals surface area contributed by atoms with Crippen LogP contribution in [0.3, 0.4) is 0 Å². The number of benzene rings is 3. The summed E-state index contributed by atoms with van der Waals surface area (Å²) in [6.45, 7) is 7.21. The third-order valence-corrected chi connectivity index (χ3v) is 12.0. The van der Waals surface area contributed by atoms with Crippen molar-refractivity contribution in [3.05, 3.63) is 119 Å². The summed E-state index contributed by atoms with van der Waals surface area (Å²) in [5, 5.41) is 0.826. The van der Waals surface area contributed by atoms with E-state index in [0.29, 0.717) is 52.5 Å². The van der Waals surface area contributed by atoms with E-state index in [2.05, 4.69) is 21.8 Å². The van der Waals surface area contributed by atoms with Crippen molar-refractivity contribution in [1.82, 2.24) is 19.4 Å². The lowest BCUT2D eigenvalue weighted by Crippen LogP contribution is -2.37. The number of anilines is 1. The van der Waals surface area contributed by atoms with Crippen LogP contribution in [0.1, 0.15) is 101 Å². The first-order valence-corrected chi connectivity index (χ1v) is 23.3. The van der Waals surface area contributed by atoms with Gasteiger partial charge < -0.3 is 28.4 Å². The Hall–Kier alpha value is -5.92. The molecule has 7 rings (SSSR count). The van der Waals surface area contributed by atoms with Crippen molar-refractivity contribution in [3.8, 4) is 28.7 Å². The first kappa shape index (κ1) is 47.1. The molecule has 1 saturated heterocycles. The number of carbonyl (C=O) groups is 1. The topological polar surface area (TPSA) is 108 Å². The Bertz CT molecular complexity index is 2550. The maximum atomic E-state index is 16.3. The van der Waals surface area contributed by atoms with Crippen LogP contribution in [0.25, 0.3) is 27.6 Å². The number of carbonyl (C=O) groups excluding carboxylic acids is 1. The molecular formula is C52H61F2N5O6. The molecule has 0 spiro atoms. The monoisotopic (exact) mass is 889 g/mol. The molecule has 3 aromatic carbocycles. The number of nitrogens with zero attached hydrogens (tertiary/aromatic N) is 5. The minimum atomic E-state index is -0.696. The highest BCUT2D eigenvalue weighted by Crippen LogP contribution is 2.38. The maximum absolute atomic E-state index is 16.3. The van der Waals surface area contributed by atoms with Crippen LogP contribution in [0, 0.1) is 11.6 Å². The second kappa shape index (κ2) is 23.8. The van der Waals surface area contributed by atoms with Gasteiger partial charge in [-0.05, 0) is 73.5 Å². The fraction of sp³-hybridized carbons (Fsp3) is 0.423. The average molecular weight is 890 g/mol. The van der Waals surface area contributed by atoms with Crippen LogP contribution in [0.2, 0.25) is 0 Å². The van der Waals surface area contributed by atoms with Crippen molar-refractivity contribution in [1.29, 1.82) is 0 Å². The molecule has 0 N–H and O–H groups in total. The van der Waals surface area contributed by atoms with E-state index in [4.69, 9.17) is 18.9 Å². The van der Waals surface area contributed by atoms with Gasteiger partial charge in [-0.2, -0.15) is 0 Å². The zero-order valence-corrected chi connectivity index (χ0v) is 37.7. The number of unbranched alkanes of at least 4 members (excludes halogenated alkanes) is 11. The number of ether oxygens (including phenoxy) is 4. The Morgan fingerprint density at radius 1 is 0.754 bits per heavy atom. The predicted molar refractivity (Wildman–Crippen MR) is 252 cm³/mol. The quantitative estimate of drug-likeness (QED) is 0.0549. The molecule has 0 radical (unpaired) electrons. The van der Waals surface area contributed by atoms with Crippen LogP contribution in [0.4, 0.5) is 14.5 Å². The molecule has 1 fully saturated rings. The molecule has 6 aromatic rings. The van der Waals surface area contributed by atoms with Gasteiger partial charge in [-0.1, -0.05) is 77.6 Å². The van der Waals surface area contributed by atoms with Gasteiger partial charge in [0.25, 0.3) is 5.91 Å². The molecule has 1 aliphatic heterocycles. The summed E-state index contributed by atoms with van der Waals surface area (Å²) in [6.07, 6.45) is 19.1. The number of morpholine rings is 1. The van der Waals surface area contributed by atoms with Gasteiger partial charge in [-0.3, -0.25) is 19.5 Å². The molecule has 344 valence electrons.